The van der Waals surface area contributed by atoms with Crippen LogP contribution in [0.3, 0.4) is 0 Å². The first-order valence-corrected chi connectivity index (χ1v) is 8.92. The number of furan rings is 1. The second-order valence-corrected chi connectivity index (χ2v) is 7.62. The zero-order valence-corrected chi connectivity index (χ0v) is 13.4. The molecule has 7 heteroatoms. The number of amides is 1. The van der Waals surface area contributed by atoms with Gasteiger partial charge in [0.1, 0.15) is 11.5 Å². The number of sulfonamides is 1. The smallest absolute Gasteiger partial charge is 0.224 e. The molecule has 21 heavy (non-hydrogen) atoms. The van der Waals surface area contributed by atoms with Crippen LogP contribution in [0.5, 0.6) is 0 Å². The Morgan fingerprint density at radius 2 is 2.14 bits per heavy atom. The topological polar surface area (TPSA) is 79.6 Å². The van der Waals surface area contributed by atoms with Gasteiger partial charge in [0, 0.05) is 25.9 Å². The Hall–Kier alpha value is -1.34. The maximum absolute atomic E-state index is 11.9. The summed E-state index contributed by atoms with van der Waals surface area (Å²) in [5, 5.41) is 0. The van der Waals surface area contributed by atoms with E-state index in [-0.39, 0.29) is 18.9 Å². The predicted molar refractivity (Wildman–Crippen MR) is 79.2 cm³/mol. The summed E-state index contributed by atoms with van der Waals surface area (Å²) >= 11 is 0. The van der Waals surface area contributed by atoms with E-state index in [9.17, 15) is 13.2 Å². The maximum atomic E-state index is 11.9. The molecule has 0 aromatic carbocycles. The summed E-state index contributed by atoms with van der Waals surface area (Å²) in [6, 6.07) is 3.88. The van der Waals surface area contributed by atoms with Crippen LogP contribution in [0.1, 0.15) is 37.2 Å². The van der Waals surface area contributed by atoms with Crippen LogP contribution in [0.15, 0.2) is 16.5 Å². The van der Waals surface area contributed by atoms with Gasteiger partial charge in [-0.05, 0) is 24.5 Å². The summed E-state index contributed by atoms with van der Waals surface area (Å²) in [6.45, 7) is 2.71. The lowest BCUT2D eigenvalue weighted by molar-refractivity contribution is -0.130. The zero-order valence-electron chi connectivity index (χ0n) is 12.6. The average molecular weight is 314 g/mol. The molecule has 1 saturated carbocycles. The van der Waals surface area contributed by atoms with E-state index in [2.05, 4.69) is 11.6 Å². The summed E-state index contributed by atoms with van der Waals surface area (Å²) in [6.07, 6.45) is 2.38. The van der Waals surface area contributed by atoms with Gasteiger partial charge in [-0.15, -0.1) is 0 Å². The van der Waals surface area contributed by atoms with Gasteiger partial charge in [0.15, 0.2) is 0 Å². The fraction of sp³-hybridized carbons (Fsp3) is 0.643. The lowest BCUT2D eigenvalue weighted by Gasteiger charge is -2.15. The van der Waals surface area contributed by atoms with E-state index >= 15 is 0 Å². The number of rotatable bonds is 7. The fourth-order valence-corrected chi connectivity index (χ4v) is 2.73. The molecule has 0 aliphatic heterocycles. The minimum Gasteiger partial charge on any atom is -0.464 e. The summed E-state index contributed by atoms with van der Waals surface area (Å²) in [5.41, 5.74) is 0. The molecule has 0 bridgehead atoms. The Morgan fingerprint density at radius 1 is 1.48 bits per heavy atom. The van der Waals surface area contributed by atoms with Crippen LogP contribution in [0, 0.1) is 5.92 Å². The standard InChI is InChI=1S/C14H22N2O4S/c1-10-8-12(10)13-5-4-11(20-13)9-16(2)14(17)6-7-15-21(3,18)19/h4-5,10,12,15H,6-9H2,1-3H3/t10-,12+/m1/s1. The van der Waals surface area contributed by atoms with Crippen molar-refractivity contribution in [3.8, 4) is 0 Å². The van der Waals surface area contributed by atoms with Gasteiger partial charge in [-0.1, -0.05) is 6.92 Å². The van der Waals surface area contributed by atoms with Crippen LogP contribution in [0.25, 0.3) is 0 Å². The molecular weight excluding hydrogens is 292 g/mol. The summed E-state index contributed by atoms with van der Waals surface area (Å²) in [5.74, 6) is 2.85. The van der Waals surface area contributed by atoms with Gasteiger partial charge < -0.3 is 9.32 Å². The van der Waals surface area contributed by atoms with Gasteiger partial charge >= 0.3 is 0 Å². The van der Waals surface area contributed by atoms with E-state index in [4.69, 9.17) is 4.42 Å². The number of hydrogen-bond acceptors (Lipinski definition) is 4. The lowest BCUT2D eigenvalue weighted by Crippen LogP contribution is -2.31. The van der Waals surface area contributed by atoms with Crippen molar-refractivity contribution in [3.63, 3.8) is 0 Å². The van der Waals surface area contributed by atoms with E-state index in [1.165, 1.54) is 6.42 Å². The van der Waals surface area contributed by atoms with Crippen LogP contribution < -0.4 is 4.72 Å². The van der Waals surface area contributed by atoms with Crippen molar-refractivity contribution < 1.29 is 17.6 Å². The molecule has 2 atom stereocenters. The van der Waals surface area contributed by atoms with Gasteiger partial charge in [0.25, 0.3) is 0 Å². The summed E-state index contributed by atoms with van der Waals surface area (Å²) < 4.78 is 29.9. The first-order chi connectivity index (χ1) is 9.76. The third-order valence-corrected chi connectivity index (χ3v) is 4.41. The molecule has 1 amide bonds. The molecule has 118 valence electrons. The normalized spacial score (nSPS) is 21.3. The van der Waals surface area contributed by atoms with Crippen LogP contribution >= 0.6 is 0 Å². The minimum atomic E-state index is -3.25. The SMILES string of the molecule is C[C@@H]1C[C@@H]1c1ccc(CN(C)C(=O)CCNS(C)(=O)=O)o1. The maximum Gasteiger partial charge on any atom is 0.224 e. The largest absolute Gasteiger partial charge is 0.464 e. The highest BCUT2D eigenvalue weighted by atomic mass is 32.2. The highest BCUT2D eigenvalue weighted by Crippen LogP contribution is 2.47. The molecule has 0 saturated heterocycles. The molecule has 0 unspecified atom stereocenters. The second kappa shape index (κ2) is 6.19. The Kier molecular flexibility index (Phi) is 4.73. The molecular formula is C14H22N2O4S. The molecule has 0 radical (unpaired) electrons. The molecule has 1 N–H and O–H groups in total. The number of carbonyl (C=O) groups excluding carboxylic acids is 1. The number of hydrogen-bond donors (Lipinski definition) is 1. The highest BCUT2D eigenvalue weighted by Gasteiger charge is 2.36. The third-order valence-electron chi connectivity index (χ3n) is 3.68. The highest BCUT2D eigenvalue weighted by molar-refractivity contribution is 7.88. The Balaban J connectivity index is 1.79. The van der Waals surface area contributed by atoms with Crippen LogP contribution in [-0.2, 0) is 21.4 Å². The van der Waals surface area contributed by atoms with Crippen molar-refractivity contribution in [2.24, 2.45) is 5.92 Å². The van der Waals surface area contributed by atoms with Crippen LogP contribution in [-0.4, -0.2) is 39.1 Å². The summed E-state index contributed by atoms with van der Waals surface area (Å²) in [7, 11) is -1.56. The molecule has 2 rings (SSSR count). The fourth-order valence-electron chi connectivity index (χ4n) is 2.25. The van der Waals surface area contributed by atoms with Crippen molar-refractivity contribution >= 4 is 15.9 Å². The minimum absolute atomic E-state index is 0.116. The Morgan fingerprint density at radius 3 is 2.71 bits per heavy atom. The van der Waals surface area contributed by atoms with E-state index < -0.39 is 10.0 Å². The van der Waals surface area contributed by atoms with E-state index in [0.29, 0.717) is 18.4 Å². The van der Waals surface area contributed by atoms with Crippen molar-refractivity contribution in [2.45, 2.75) is 32.2 Å². The van der Waals surface area contributed by atoms with Crippen LogP contribution in [0.4, 0.5) is 0 Å². The Bertz CT molecular complexity index is 608. The molecule has 1 aliphatic rings. The van der Waals surface area contributed by atoms with Crippen molar-refractivity contribution in [1.82, 2.24) is 9.62 Å². The molecule has 0 spiro atoms. The van der Waals surface area contributed by atoms with E-state index in [1.54, 1.807) is 11.9 Å². The molecule has 1 heterocycles. The van der Waals surface area contributed by atoms with E-state index in [0.717, 1.165) is 17.8 Å². The Labute approximate surface area is 125 Å². The number of carbonyl (C=O) groups is 1. The molecule has 6 nitrogen and oxygen atoms in total. The molecule has 1 aromatic heterocycles. The van der Waals surface area contributed by atoms with E-state index in [1.807, 2.05) is 12.1 Å². The number of nitrogens with zero attached hydrogens (tertiary/aromatic N) is 1. The van der Waals surface area contributed by atoms with Crippen LogP contribution in [0.2, 0.25) is 0 Å². The monoisotopic (exact) mass is 314 g/mol. The molecule has 1 aliphatic carbocycles. The molecule has 1 aromatic rings. The van der Waals surface area contributed by atoms with Gasteiger partial charge in [0.05, 0.1) is 12.8 Å². The van der Waals surface area contributed by atoms with Gasteiger partial charge in [-0.25, -0.2) is 13.1 Å². The first-order valence-electron chi connectivity index (χ1n) is 7.03. The predicted octanol–water partition coefficient (Wildman–Crippen LogP) is 1.30. The third kappa shape index (κ3) is 4.86. The second-order valence-electron chi connectivity index (χ2n) is 5.79. The van der Waals surface area contributed by atoms with Gasteiger partial charge in [0.2, 0.25) is 15.9 Å². The first kappa shape index (κ1) is 16.0. The van der Waals surface area contributed by atoms with Crippen molar-refractivity contribution in [3.05, 3.63) is 23.7 Å². The molecule has 1 fully saturated rings. The van der Waals surface area contributed by atoms with Crippen molar-refractivity contribution in [1.29, 1.82) is 0 Å². The van der Waals surface area contributed by atoms with Gasteiger partial charge in [-0.3, -0.25) is 4.79 Å². The number of nitrogens with one attached hydrogen (secondary N) is 1. The average Bonchev–Trinajstić information content (AvgIpc) is 2.92. The quantitative estimate of drug-likeness (QED) is 0.822. The van der Waals surface area contributed by atoms with Crippen molar-refractivity contribution in [2.75, 3.05) is 19.8 Å². The lowest BCUT2D eigenvalue weighted by atomic mass is 10.3. The summed E-state index contributed by atoms with van der Waals surface area (Å²) in [4.78, 5) is 13.4. The van der Waals surface area contributed by atoms with Gasteiger partial charge in [-0.2, -0.15) is 0 Å². The zero-order chi connectivity index (χ0) is 15.6.